The third kappa shape index (κ3) is 4.04. The number of benzene rings is 1. The summed E-state index contributed by atoms with van der Waals surface area (Å²) in [6.45, 7) is 0.360. The first-order chi connectivity index (χ1) is 9.20. The van der Waals surface area contributed by atoms with E-state index in [2.05, 4.69) is 26.1 Å². The van der Waals surface area contributed by atoms with Gasteiger partial charge in [-0.1, -0.05) is 17.3 Å². The molecule has 7 heteroatoms. The zero-order valence-corrected chi connectivity index (χ0v) is 12.8. The Labute approximate surface area is 124 Å². The number of aromatic nitrogens is 2. The molecule has 0 amide bonds. The highest BCUT2D eigenvalue weighted by molar-refractivity contribution is 9.10. The summed E-state index contributed by atoms with van der Waals surface area (Å²) in [7, 11) is 1.58. The lowest BCUT2D eigenvalue weighted by molar-refractivity contribution is 0.166. The molecule has 0 spiro atoms. The summed E-state index contributed by atoms with van der Waals surface area (Å²) in [5.74, 6) is 1.66. The van der Waals surface area contributed by atoms with Crippen LogP contribution in [0.1, 0.15) is 17.8 Å². The van der Waals surface area contributed by atoms with Crippen molar-refractivity contribution in [2.24, 2.45) is 5.73 Å². The highest BCUT2D eigenvalue weighted by atomic mass is 79.9. The summed E-state index contributed by atoms with van der Waals surface area (Å²) >= 11 is 5.13. The summed E-state index contributed by atoms with van der Waals surface area (Å²) in [5.41, 5.74) is 5.81. The minimum atomic E-state index is -0.375. The van der Waals surface area contributed by atoms with Gasteiger partial charge in [-0.25, -0.2) is 0 Å². The molecule has 102 valence electrons. The van der Waals surface area contributed by atoms with E-state index in [0.29, 0.717) is 24.1 Å². The number of hydrogen-bond donors (Lipinski definition) is 1. The Kier molecular flexibility index (Phi) is 5.38. The lowest BCUT2D eigenvalue weighted by Crippen LogP contribution is -2.16. The Balaban J connectivity index is 1.95. The molecule has 5 nitrogen and oxygen atoms in total. The molecule has 0 aliphatic rings. The summed E-state index contributed by atoms with van der Waals surface area (Å²) < 4.78 is 11.1. The third-order valence-electron chi connectivity index (χ3n) is 2.34. The number of halogens is 1. The Bertz CT molecular complexity index is 535. The van der Waals surface area contributed by atoms with Gasteiger partial charge in [-0.05, 0) is 28.1 Å². The molecule has 2 N–H and O–H groups in total. The van der Waals surface area contributed by atoms with Gasteiger partial charge in [0.1, 0.15) is 6.04 Å². The molecular formula is C12H14BrN3O2S. The van der Waals surface area contributed by atoms with Gasteiger partial charge in [-0.15, -0.1) is 11.8 Å². The maximum absolute atomic E-state index is 5.81. The van der Waals surface area contributed by atoms with Gasteiger partial charge in [-0.3, -0.25) is 0 Å². The second-order valence-electron chi connectivity index (χ2n) is 3.83. The average molecular weight is 344 g/mol. The van der Waals surface area contributed by atoms with E-state index in [4.69, 9.17) is 15.0 Å². The van der Waals surface area contributed by atoms with Gasteiger partial charge in [0.05, 0.1) is 12.4 Å². The van der Waals surface area contributed by atoms with Crippen molar-refractivity contribution < 1.29 is 9.26 Å². The number of rotatable bonds is 6. The van der Waals surface area contributed by atoms with Gasteiger partial charge in [0, 0.05) is 16.5 Å². The Morgan fingerprint density at radius 2 is 2.26 bits per heavy atom. The molecule has 0 radical (unpaired) electrons. The number of thioether (sulfide) groups is 1. The predicted molar refractivity (Wildman–Crippen MR) is 76.8 cm³/mol. The molecule has 1 atom stereocenters. The van der Waals surface area contributed by atoms with Crippen LogP contribution in [0.2, 0.25) is 0 Å². The maximum atomic E-state index is 5.81. The molecule has 0 bridgehead atoms. The first-order valence-electron chi connectivity index (χ1n) is 5.65. The molecule has 19 heavy (non-hydrogen) atoms. The molecule has 0 aliphatic heterocycles. The number of hydrogen-bond acceptors (Lipinski definition) is 6. The Morgan fingerprint density at radius 3 is 3.00 bits per heavy atom. The second kappa shape index (κ2) is 7.04. The lowest BCUT2D eigenvalue weighted by atomic mass is 10.3. The summed E-state index contributed by atoms with van der Waals surface area (Å²) in [5, 5.41) is 3.91. The fraction of sp³-hybridized carbons (Fsp3) is 0.333. The maximum Gasteiger partial charge on any atom is 0.245 e. The van der Waals surface area contributed by atoms with Gasteiger partial charge in [0.25, 0.3) is 0 Å². The van der Waals surface area contributed by atoms with E-state index in [0.717, 1.165) is 9.37 Å². The fourth-order valence-corrected chi connectivity index (χ4v) is 2.84. The van der Waals surface area contributed by atoms with Crippen molar-refractivity contribution in [1.82, 2.24) is 10.1 Å². The first kappa shape index (κ1) is 14.5. The zero-order chi connectivity index (χ0) is 13.7. The van der Waals surface area contributed by atoms with E-state index in [1.165, 1.54) is 0 Å². The second-order valence-corrected chi connectivity index (χ2v) is 5.70. The minimum absolute atomic E-state index is 0.360. The normalized spacial score (nSPS) is 12.6. The molecule has 1 heterocycles. The predicted octanol–water partition coefficient (Wildman–Crippen LogP) is 2.77. The molecule has 2 rings (SSSR count). The van der Waals surface area contributed by atoms with Crippen LogP contribution in [0, 0.1) is 0 Å². The van der Waals surface area contributed by atoms with Gasteiger partial charge < -0.3 is 15.0 Å². The third-order valence-corrected chi connectivity index (χ3v) is 4.36. The van der Waals surface area contributed by atoms with Crippen LogP contribution >= 0.6 is 27.7 Å². The molecule has 1 unspecified atom stereocenters. The van der Waals surface area contributed by atoms with Gasteiger partial charge in [0.2, 0.25) is 5.89 Å². The fourth-order valence-electron chi connectivity index (χ4n) is 1.43. The van der Waals surface area contributed by atoms with Crippen molar-refractivity contribution in [1.29, 1.82) is 0 Å². The van der Waals surface area contributed by atoms with Crippen molar-refractivity contribution >= 4 is 27.7 Å². The van der Waals surface area contributed by atoms with E-state index in [1.54, 1.807) is 18.9 Å². The van der Waals surface area contributed by atoms with Crippen LogP contribution in [0.4, 0.5) is 0 Å². The Morgan fingerprint density at radius 1 is 1.47 bits per heavy atom. The van der Waals surface area contributed by atoms with Crippen LogP contribution in [0.5, 0.6) is 0 Å². The van der Waals surface area contributed by atoms with Crippen molar-refractivity contribution in [3.8, 4) is 0 Å². The highest BCUT2D eigenvalue weighted by Crippen LogP contribution is 2.29. The summed E-state index contributed by atoms with van der Waals surface area (Å²) in [4.78, 5) is 5.39. The largest absolute Gasteiger partial charge is 0.383 e. The van der Waals surface area contributed by atoms with E-state index < -0.39 is 0 Å². The van der Waals surface area contributed by atoms with Crippen LogP contribution in [0.3, 0.4) is 0 Å². The van der Waals surface area contributed by atoms with E-state index in [9.17, 15) is 0 Å². The standard InChI is InChI=1S/C12H14BrN3O2S/c1-17-6-9(14)12-15-11(16-18-12)7-19-10-5-3-2-4-8(10)13/h2-5,9H,6-7,14H2,1H3. The zero-order valence-electron chi connectivity index (χ0n) is 10.4. The molecule has 0 aliphatic carbocycles. The SMILES string of the molecule is COCC(N)c1nc(CSc2ccccc2Br)no1. The van der Waals surface area contributed by atoms with E-state index in [-0.39, 0.29) is 6.04 Å². The van der Waals surface area contributed by atoms with Crippen molar-refractivity contribution in [2.45, 2.75) is 16.7 Å². The summed E-state index contributed by atoms with van der Waals surface area (Å²) in [6.07, 6.45) is 0. The number of methoxy groups -OCH3 is 1. The van der Waals surface area contributed by atoms with Crippen LogP contribution in [0.25, 0.3) is 0 Å². The quantitative estimate of drug-likeness (QED) is 0.813. The molecular weight excluding hydrogens is 330 g/mol. The monoisotopic (exact) mass is 343 g/mol. The average Bonchev–Trinajstić information content (AvgIpc) is 2.87. The summed E-state index contributed by atoms with van der Waals surface area (Å²) in [6, 6.07) is 7.62. The van der Waals surface area contributed by atoms with Crippen molar-refractivity contribution in [2.75, 3.05) is 13.7 Å². The molecule has 0 fully saturated rings. The van der Waals surface area contributed by atoms with E-state index >= 15 is 0 Å². The van der Waals surface area contributed by atoms with Crippen molar-refractivity contribution in [3.05, 3.63) is 40.5 Å². The molecule has 0 saturated carbocycles. The molecule has 1 aromatic carbocycles. The van der Waals surface area contributed by atoms with Crippen LogP contribution < -0.4 is 5.73 Å². The van der Waals surface area contributed by atoms with Crippen LogP contribution in [-0.2, 0) is 10.5 Å². The topological polar surface area (TPSA) is 74.2 Å². The highest BCUT2D eigenvalue weighted by Gasteiger charge is 2.14. The Hall–Kier alpha value is -0.890. The van der Waals surface area contributed by atoms with Gasteiger partial charge in [-0.2, -0.15) is 4.98 Å². The van der Waals surface area contributed by atoms with E-state index in [1.807, 2.05) is 24.3 Å². The van der Waals surface area contributed by atoms with Crippen LogP contribution in [0.15, 0.2) is 38.2 Å². The van der Waals surface area contributed by atoms with Gasteiger partial charge in [0.15, 0.2) is 5.82 Å². The van der Waals surface area contributed by atoms with Gasteiger partial charge >= 0.3 is 0 Å². The van der Waals surface area contributed by atoms with Crippen LogP contribution in [-0.4, -0.2) is 23.9 Å². The molecule has 1 aromatic heterocycles. The lowest BCUT2D eigenvalue weighted by Gasteiger charge is -2.03. The number of nitrogens with zero attached hydrogens (tertiary/aromatic N) is 2. The molecule has 2 aromatic rings. The van der Waals surface area contributed by atoms with Crippen molar-refractivity contribution in [3.63, 3.8) is 0 Å². The number of ether oxygens (including phenoxy) is 1. The molecule has 0 saturated heterocycles. The first-order valence-corrected chi connectivity index (χ1v) is 7.43. The number of nitrogens with two attached hydrogens (primary N) is 1. The minimum Gasteiger partial charge on any atom is -0.383 e. The smallest absolute Gasteiger partial charge is 0.245 e.